The van der Waals surface area contributed by atoms with Gasteiger partial charge in [0.1, 0.15) is 0 Å². The van der Waals surface area contributed by atoms with Crippen LogP contribution in [0, 0.1) is 0 Å². The van der Waals surface area contributed by atoms with Crippen LogP contribution in [-0.4, -0.2) is 74.4 Å². The number of aliphatic hydroxyl groups is 1. The van der Waals surface area contributed by atoms with Crippen LogP contribution in [0.15, 0.2) is 0 Å². The lowest BCUT2D eigenvalue weighted by Crippen LogP contribution is -2.31. The number of aliphatic hydroxyl groups excluding tert-OH is 1. The Labute approximate surface area is 341 Å². The summed E-state index contributed by atoms with van der Waals surface area (Å²) >= 11 is 0. The van der Waals surface area contributed by atoms with Crippen LogP contribution in [0.25, 0.3) is 0 Å². The van der Waals surface area contributed by atoms with Crippen molar-refractivity contribution in [2.75, 3.05) is 39.9 Å². The standard InChI is InChI=1S/C47H94N2O6/c1-5-8-11-14-17-26-33-43-54-45(50)37-29-22-18-24-31-40-49(42-34-39-48-47(52)53-4)41-32-25-19-23-30-38-46(51)55-44(35-27-20-15-12-9-6-2)36-28-21-16-13-10-7-3/h44,46,51H,5-43H2,1-4H3,(H,48,52). The summed E-state index contributed by atoms with van der Waals surface area (Å²) in [6.45, 7) is 11.1. The van der Waals surface area contributed by atoms with Gasteiger partial charge in [0.2, 0.25) is 0 Å². The minimum Gasteiger partial charge on any atom is -0.466 e. The molecule has 0 bridgehead atoms. The molecule has 0 rings (SSSR count). The molecule has 0 aliphatic heterocycles. The lowest BCUT2D eigenvalue weighted by atomic mass is 10.0. The van der Waals surface area contributed by atoms with E-state index >= 15 is 0 Å². The first-order chi connectivity index (χ1) is 27.0. The molecule has 0 fully saturated rings. The van der Waals surface area contributed by atoms with E-state index in [1.165, 1.54) is 142 Å². The van der Waals surface area contributed by atoms with E-state index in [4.69, 9.17) is 14.2 Å². The molecule has 0 aromatic rings. The highest BCUT2D eigenvalue weighted by Crippen LogP contribution is 2.20. The van der Waals surface area contributed by atoms with E-state index < -0.39 is 6.29 Å². The third-order valence-corrected chi connectivity index (χ3v) is 11.0. The van der Waals surface area contributed by atoms with Gasteiger partial charge in [-0.2, -0.15) is 0 Å². The molecule has 0 spiro atoms. The van der Waals surface area contributed by atoms with E-state index in [9.17, 15) is 14.7 Å². The lowest BCUT2D eigenvalue weighted by Gasteiger charge is -2.23. The molecule has 0 aliphatic carbocycles. The normalized spacial score (nSPS) is 12.1. The number of esters is 1. The number of rotatable bonds is 44. The van der Waals surface area contributed by atoms with Crippen LogP contribution in [0.5, 0.6) is 0 Å². The van der Waals surface area contributed by atoms with Gasteiger partial charge in [-0.1, -0.05) is 175 Å². The number of amides is 1. The van der Waals surface area contributed by atoms with Gasteiger partial charge in [-0.05, 0) is 77.4 Å². The van der Waals surface area contributed by atoms with Crippen LogP contribution in [0.1, 0.15) is 239 Å². The van der Waals surface area contributed by atoms with Crippen LogP contribution in [-0.2, 0) is 19.0 Å². The molecule has 8 heteroatoms. The van der Waals surface area contributed by atoms with Gasteiger partial charge in [0.15, 0.2) is 6.29 Å². The van der Waals surface area contributed by atoms with E-state index in [1.54, 1.807) is 0 Å². The van der Waals surface area contributed by atoms with Crippen molar-refractivity contribution in [3.63, 3.8) is 0 Å². The monoisotopic (exact) mass is 783 g/mol. The maximum atomic E-state index is 12.1. The lowest BCUT2D eigenvalue weighted by molar-refractivity contribution is -0.144. The van der Waals surface area contributed by atoms with Gasteiger partial charge < -0.3 is 29.5 Å². The third-order valence-electron chi connectivity index (χ3n) is 11.0. The SMILES string of the molecule is CCCCCCCCCOC(=O)CCCCCCCN(CCCCCCCC(O)OC(CCCCCCCC)CCCCCCCC)CCCNC(=O)OC. The summed E-state index contributed by atoms with van der Waals surface area (Å²) in [5.74, 6) is -0.0338. The molecule has 1 unspecified atom stereocenters. The fourth-order valence-electron chi connectivity index (χ4n) is 7.41. The highest BCUT2D eigenvalue weighted by Gasteiger charge is 2.15. The molecule has 0 radical (unpaired) electrons. The zero-order valence-corrected chi connectivity index (χ0v) is 37.2. The van der Waals surface area contributed by atoms with E-state index in [0.717, 1.165) is 96.7 Å². The first-order valence-electron chi connectivity index (χ1n) is 24.0. The molecule has 2 N–H and O–H groups in total. The topological polar surface area (TPSA) is 97.3 Å². The number of hydrogen-bond donors (Lipinski definition) is 2. The molecule has 1 atom stereocenters. The second-order valence-corrected chi connectivity index (χ2v) is 16.4. The number of methoxy groups -OCH3 is 1. The summed E-state index contributed by atoms with van der Waals surface area (Å²) < 4.78 is 16.4. The highest BCUT2D eigenvalue weighted by molar-refractivity contribution is 5.69. The van der Waals surface area contributed by atoms with Crippen molar-refractivity contribution in [2.24, 2.45) is 0 Å². The largest absolute Gasteiger partial charge is 0.466 e. The van der Waals surface area contributed by atoms with Crippen molar-refractivity contribution in [3.8, 4) is 0 Å². The predicted octanol–water partition coefficient (Wildman–Crippen LogP) is 13.2. The zero-order valence-electron chi connectivity index (χ0n) is 37.2. The Morgan fingerprint density at radius 3 is 1.45 bits per heavy atom. The summed E-state index contributed by atoms with van der Waals surface area (Å²) in [6.07, 6.45) is 39.0. The molecule has 8 nitrogen and oxygen atoms in total. The molecular weight excluding hydrogens is 689 g/mol. The first kappa shape index (κ1) is 53.6. The Morgan fingerprint density at radius 2 is 0.945 bits per heavy atom. The van der Waals surface area contributed by atoms with Crippen LogP contribution in [0.2, 0.25) is 0 Å². The quantitative estimate of drug-likeness (QED) is 0.0361. The Kier molecular flexibility index (Phi) is 42.6. The van der Waals surface area contributed by atoms with Crippen molar-refractivity contribution in [1.29, 1.82) is 0 Å². The minimum atomic E-state index is -0.632. The molecule has 0 aromatic carbocycles. The average Bonchev–Trinajstić information content (AvgIpc) is 3.18. The summed E-state index contributed by atoms with van der Waals surface area (Å²) in [6, 6.07) is 0. The Bertz CT molecular complexity index is 783. The molecule has 0 saturated carbocycles. The van der Waals surface area contributed by atoms with E-state index in [1.807, 2.05) is 0 Å². The number of carbonyl (C=O) groups excluding carboxylic acids is 2. The van der Waals surface area contributed by atoms with E-state index in [-0.39, 0.29) is 18.2 Å². The van der Waals surface area contributed by atoms with E-state index in [0.29, 0.717) is 19.6 Å². The number of nitrogens with one attached hydrogen (secondary N) is 1. The van der Waals surface area contributed by atoms with Gasteiger partial charge in [0.25, 0.3) is 0 Å². The number of ether oxygens (including phenoxy) is 3. The highest BCUT2D eigenvalue weighted by atomic mass is 16.6. The van der Waals surface area contributed by atoms with Crippen molar-refractivity contribution in [3.05, 3.63) is 0 Å². The number of unbranched alkanes of at least 4 members (excludes halogenated alkanes) is 24. The molecule has 1 amide bonds. The van der Waals surface area contributed by atoms with Crippen molar-refractivity contribution in [1.82, 2.24) is 10.2 Å². The third kappa shape index (κ3) is 40.6. The average molecular weight is 783 g/mol. The van der Waals surface area contributed by atoms with Crippen molar-refractivity contribution in [2.45, 2.75) is 251 Å². The van der Waals surface area contributed by atoms with Crippen LogP contribution in [0.3, 0.4) is 0 Å². The summed E-state index contributed by atoms with van der Waals surface area (Å²) in [7, 11) is 1.40. The molecule has 328 valence electrons. The smallest absolute Gasteiger partial charge is 0.406 e. The van der Waals surface area contributed by atoms with Gasteiger partial charge in [-0.15, -0.1) is 0 Å². The van der Waals surface area contributed by atoms with Crippen molar-refractivity contribution < 1.29 is 28.9 Å². The van der Waals surface area contributed by atoms with Gasteiger partial charge in [0, 0.05) is 13.0 Å². The Hall–Kier alpha value is -1.38. The predicted molar refractivity (Wildman–Crippen MR) is 233 cm³/mol. The number of carbonyl (C=O) groups is 2. The maximum absolute atomic E-state index is 12.1. The number of alkyl carbamates (subject to hydrolysis) is 1. The molecule has 0 aliphatic rings. The first-order valence-corrected chi connectivity index (χ1v) is 24.0. The number of nitrogens with zero attached hydrogens (tertiary/aromatic N) is 1. The minimum absolute atomic E-state index is 0.0338. The van der Waals surface area contributed by atoms with Crippen LogP contribution < -0.4 is 5.32 Å². The second-order valence-electron chi connectivity index (χ2n) is 16.4. The van der Waals surface area contributed by atoms with Crippen molar-refractivity contribution >= 4 is 12.1 Å². The fourth-order valence-corrected chi connectivity index (χ4v) is 7.41. The summed E-state index contributed by atoms with van der Waals surface area (Å²) in [4.78, 5) is 26.1. The summed E-state index contributed by atoms with van der Waals surface area (Å²) in [5.41, 5.74) is 0. The van der Waals surface area contributed by atoms with Gasteiger partial charge >= 0.3 is 12.1 Å². The molecule has 55 heavy (non-hydrogen) atoms. The fraction of sp³-hybridized carbons (Fsp3) is 0.957. The second kappa shape index (κ2) is 43.7. The molecule has 0 aromatic heterocycles. The van der Waals surface area contributed by atoms with Crippen LogP contribution in [0.4, 0.5) is 4.79 Å². The maximum Gasteiger partial charge on any atom is 0.406 e. The van der Waals surface area contributed by atoms with Crippen LogP contribution >= 0.6 is 0 Å². The van der Waals surface area contributed by atoms with Gasteiger partial charge in [0.05, 0.1) is 19.8 Å². The molecular formula is C47H94N2O6. The van der Waals surface area contributed by atoms with Gasteiger partial charge in [-0.25, -0.2) is 4.79 Å². The van der Waals surface area contributed by atoms with E-state index in [2.05, 4.69) is 31.0 Å². The summed E-state index contributed by atoms with van der Waals surface area (Å²) in [5, 5.41) is 13.6. The molecule has 0 heterocycles. The Morgan fingerprint density at radius 1 is 0.527 bits per heavy atom. The van der Waals surface area contributed by atoms with Gasteiger partial charge in [-0.3, -0.25) is 4.79 Å². The Balaban J connectivity index is 4.28. The zero-order chi connectivity index (χ0) is 40.3. The number of hydrogen-bond acceptors (Lipinski definition) is 7. The molecule has 0 saturated heterocycles.